The molecule has 1 aromatic rings. The van der Waals surface area contributed by atoms with Gasteiger partial charge in [-0.2, -0.15) is 0 Å². The third-order valence-corrected chi connectivity index (χ3v) is 4.20. The van der Waals surface area contributed by atoms with E-state index in [2.05, 4.69) is 21.2 Å². The molecular formula is C15H21BrN2O2. The van der Waals surface area contributed by atoms with Crippen LogP contribution in [0.4, 0.5) is 0 Å². The highest BCUT2D eigenvalue weighted by Crippen LogP contribution is 2.24. The van der Waals surface area contributed by atoms with Crippen molar-refractivity contribution in [3.63, 3.8) is 0 Å². The number of hydrogen-bond donors (Lipinski definition) is 1. The van der Waals surface area contributed by atoms with E-state index in [9.17, 15) is 9.59 Å². The Labute approximate surface area is 128 Å². The molecule has 0 spiro atoms. The van der Waals surface area contributed by atoms with Crippen LogP contribution < -0.4 is 5.32 Å². The molecule has 5 heteroatoms. The number of halogens is 1. The van der Waals surface area contributed by atoms with Gasteiger partial charge < -0.3 is 10.2 Å². The predicted molar refractivity (Wildman–Crippen MR) is 83.9 cm³/mol. The quantitative estimate of drug-likeness (QED) is 0.895. The number of rotatable bonds is 5. The lowest BCUT2D eigenvalue weighted by Crippen LogP contribution is -2.29. The van der Waals surface area contributed by atoms with Gasteiger partial charge in [0.15, 0.2) is 0 Å². The standard InChI is InChI=1S/C15H21BrN2O2/c1-10-8-11(2)14(16)12(9-10)15(20)18(4)7-5-6-13(19)17-3/h8-9H,5-7H2,1-4H3,(H,17,19). The van der Waals surface area contributed by atoms with Crippen molar-refractivity contribution >= 4 is 27.7 Å². The van der Waals surface area contributed by atoms with Crippen LogP contribution in [0, 0.1) is 13.8 Å². The first kappa shape index (κ1) is 16.7. The lowest BCUT2D eigenvalue weighted by atomic mass is 10.1. The molecule has 0 fully saturated rings. The maximum Gasteiger partial charge on any atom is 0.254 e. The number of aryl methyl sites for hydroxylation is 2. The molecule has 0 saturated carbocycles. The van der Waals surface area contributed by atoms with Gasteiger partial charge in [-0.05, 0) is 53.4 Å². The maximum absolute atomic E-state index is 12.4. The minimum absolute atomic E-state index is 0.00145. The molecular weight excluding hydrogens is 320 g/mol. The van der Waals surface area contributed by atoms with Gasteiger partial charge in [0.2, 0.25) is 5.91 Å². The van der Waals surface area contributed by atoms with Crippen molar-refractivity contribution in [2.24, 2.45) is 0 Å². The Hall–Kier alpha value is -1.36. The van der Waals surface area contributed by atoms with Crippen LogP contribution in [0.25, 0.3) is 0 Å². The molecule has 110 valence electrons. The Morgan fingerprint density at radius 2 is 1.95 bits per heavy atom. The lowest BCUT2D eigenvalue weighted by molar-refractivity contribution is -0.120. The summed E-state index contributed by atoms with van der Waals surface area (Å²) in [6.07, 6.45) is 1.09. The molecule has 0 radical (unpaired) electrons. The lowest BCUT2D eigenvalue weighted by Gasteiger charge is -2.19. The van der Waals surface area contributed by atoms with Gasteiger partial charge in [0.25, 0.3) is 5.91 Å². The topological polar surface area (TPSA) is 49.4 Å². The summed E-state index contributed by atoms with van der Waals surface area (Å²) in [7, 11) is 3.38. The second-order valence-electron chi connectivity index (χ2n) is 4.95. The first-order chi connectivity index (χ1) is 9.36. The Bertz CT molecular complexity index is 515. The van der Waals surface area contributed by atoms with E-state index in [1.807, 2.05) is 26.0 Å². The fraction of sp³-hybridized carbons (Fsp3) is 0.467. The number of nitrogens with one attached hydrogen (secondary N) is 1. The highest BCUT2D eigenvalue weighted by Gasteiger charge is 2.16. The van der Waals surface area contributed by atoms with E-state index in [4.69, 9.17) is 0 Å². The number of benzene rings is 1. The molecule has 0 saturated heterocycles. The zero-order valence-corrected chi connectivity index (χ0v) is 14.0. The van der Waals surface area contributed by atoms with E-state index in [1.54, 1.807) is 19.0 Å². The van der Waals surface area contributed by atoms with E-state index >= 15 is 0 Å². The van der Waals surface area contributed by atoms with Crippen molar-refractivity contribution in [3.8, 4) is 0 Å². The van der Waals surface area contributed by atoms with Gasteiger partial charge in [-0.15, -0.1) is 0 Å². The number of carbonyl (C=O) groups excluding carboxylic acids is 2. The molecule has 1 N–H and O–H groups in total. The van der Waals surface area contributed by atoms with Crippen LogP contribution in [0.1, 0.15) is 34.3 Å². The molecule has 2 amide bonds. The minimum Gasteiger partial charge on any atom is -0.359 e. The third-order valence-electron chi connectivity index (χ3n) is 3.15. The van der Waals surface area contributed by atoms with Gasteiger partial charge in [0.1, 0.15) is 0 Å². The van der Waals surface area contributed by atoms with E-state index in [1.165, 1.54) is 0 Å². The van der Waals surface area contributed by atoms with Crippen LogP contribution >= 0.6 is 15.9 Å². The first-order valence-electron chi connectivity index (χ1n) is 6.59. The second-order valence-corrected chi connectivity index (χ2v) is 5.74. The Kier molecular flexibility index (Phi) is 6.20. The Morgan fingerprint density at radius 1 is 1.30 bits per heavy atom. The van der Waals surface area contributed by atoms with E-state index in [-0.39, 0.29) is 11.8 Å². The monoisotopic (exact) mass is 340 g/mol. The largest absolute Gasteiger partial charge is 0.359 e. The van der Waals surface area contributed by atoms with Crippen LogP contribution in [0.3, 0.4) is 0 Å². The molecule has 20 heavy (non-hydrogen) atoms. The molecule has 1 rings (SSSR count). The van der Waals surface area contributed by atoms with Crippen molar-refractivity contribution in [3.05, 3.63) is 33.3 Å². The number of nitrogens with zero attached hydrogens (tertiary/aromatic N) is 1. The molecule has 0 aliphatic heterocycles. The molecule has 0 heterocycles. The zero-order chi connectivity index (χ0) is 15.3. The molecule has 0 unspecified atom stereocenters. The smallest absolute Gasteiger partial charge is 0.254 e. The second kappa shape index (κ2) is 7.43. The summed E-state index contributed by atoms with van der Waals surface area (Å²) in [5.74, 6) is -0.0287. The molecule has 0 bridgehead atoms. The highest BCUT2D eigenvalue weighted by molar-refractivity contribution is 9.10. The van der Waals surface area contributed by atoms with Crippen LogP contribution in [0.5, 0.6) is 0 Å². The van der Waals surface area contributed by atoms with Gasteiger partial charge in [-0.3, -0.25) is 9.59 Å². The first-order valence-corrected chi connectivity index (χ1v) is 7.39. The van der Waals surface area contributed by atoms with E-state index in [0.29, 0.717) is 24.9 Å². The molecule has 0 aliphatic rings. The Morgan fingerprint density at radius 3 is 2.55 bits per heavy atom. The summed E-state index contributed by atoms with van der Waals surface area (Å²) in [4.78, 5) is 25.2. The van der Waals surface area contributed by atoms with Crippen LogP contribution in [-0.4, -0.2) is 37.4 Å². The molecule has 1 aromatic carbocycles. The summed E-state index contributed by atoms with van der Waals surface area (Å²) >= 11 is 3.47. The SMILES string of the molecule is CNC(=O)CCCN(C)C(=O)c1cc(C)cc(C)c1Br. The summed E-state index contributed by atoms with van der Waals surface area (Å²) in [6, 6.07) is 3.92. The van der Waals surface area contributed by atoms with Gasteiger partial charge in [-0.25, -0.2) is 0 Å². The van der Waals surface area contributed by atoms with Gasteiger partial charge >= 0.3 is 0 Å². The predicted octanol–water partition coefficient (Wildman–Crippen LogP) is 2.66. The van der Waals surface area contributed by atoms with Crippen molar-refractivity contribution in [2.45, 2.75) is 26.7 Å². The van der Waals surface area contributed by atoms with Gasteiger partial charge in [0.05, 0.1) is 5.56 Å². The summed E-state index contributed by atoms with van der Waals surface area (Å²) < 4.78 is 0.839. The van der Waals surface area contributed by atoms with Crippen molar-refractivity contribution in [1.29, 1.82) is 0 Å². The summed E-state index contributed by atoms with van der Waals surface area (Å²) in [6.45, 7) is 4.51. The van der Waals surface area contributed by atoms with Crippen molar-refractivity contribution in [2.75, 3.05) is 20.6 Å². The average Bonchev–Trinajstić information content (AvgIpc) is 2.41. The summed E-state index contributed by atoms with van der Waals surface area (Å²) in [5.41, 5.74) is 2.78. The van der Waals surface area contributed by atoms with Crippen LogP contribution in [0.2, 0.25) is 0 Å². The highest BCUT2D eigenvalue weighted by atomic mass is 79.9. The Balaban J connectivity index is 2.72. The number of amides is 2. The third kappa shape index (κ3) is 4.34. The fourth-order valence-electron chi connectivity index (χ4n) is 2.01. The van der Waals surface area contributed by atoms with Gasteiger partial charge in [-0.1, -0.05) is 6.07 Å². The molecule has 0 atom stereocenters. The maximum atomic E-state index is 12.4. The van der Waals surface area contributed by atoms with Gasteiger partial charge in [0, 0.05) is 31.5 Å². The van der Waals surface area contributed by atoms with Crippen LogP contribution in [-0.2, 0) is 4.79 Å². The normalized spacial score (nSPS) is 10.2. The number of hydrogen-bond acceptors (Lipinski definition) is 2. The van der Waals surface area contributed by atoms with Crippen LogP contribution in [0.15, 0.2) is 16.6 Å². The number of carbonyl (C=O) groups is 2. The molecule has 0 aliphatic carbocycles. The van der Waals surface area contributed by atoms with E-state index in [0.717, 1.165) is 15.6 Å². The summed E-state index contributed by atoms with van der Waals surface area (Å²) in [5, 5.41) is 2.57. The van der Waals surface area contributed by atoms with E-state index < -0.39 is 0 Å². The zero-order valence-electron chi connectivity index (χ0n) is 12.4. The average molecular weight is 341 g/mol. The molecule has 0 aromatic heterocycles. The van der Waals surface area contributed by atoms with Crippen molar-refractivity contribution in [1.82, 2.24) is 10.2 Å². The fourth-order valence-corrected chi connectivity index (χ4v) is 2.41. The minimum atomic E-state index is -0.0272. The molecule has 4 nitrogen and oxygen atoms in total. The van der Waals surface area contributed by atoms with Crippen molar-refractivity contribution < 1.29 is 9.59 Å².